The minimum atomic E-state index is 0.136. The number of alkyl halides is 1. The third-order valence-corrected chi connectivity index (χ3v) is 4.49. The minimum absolute atomic E-state index is 0.136. The average molecular weight is 301 g/mol. The van der Waals surface area contributed by atoms with Gasteiger partial charge in [-0.25, -0.2) is 0 Å². The van der Waals surface area contributed by atoms with E-state index in [-0.39, 0.29) is 10.8 Å². The molecular formula is C15H22Cl2N2. The molecule has 0 saturated heterocycles. The normalized spacial score (nSPS) is 22.4. The number of allylic oxidation sites excluding steroid dienone is 2. The van der Waals surface area contributed by atoms with Crippen molar-refractivity contribution in [1.82, 2.24) is 9.78 Å². The number of nitrogens with zero attached hydrogens (tertiary/aromatic N) is 2. The quantitative estimate of drug-likeness (QED) is 0.581. The Morgan fingerprint density at radius 3 is 2.74 bits per heavy atom. The van der Waals surface area contributed by atoms with Crippen LogP contribution in [0.3, 0.4) is 0 Å². The van der Waals surface area contributed by atoms with E-state index >= 15 is 0 Å². The maximum atomic E-state index is 6.38. The van der Waals surface area contributed by atoms with Crippen LogP contribution in [0.15, 0.2) is 11.6 Å². The summed E-state index contributed by atoms with van der Waals surface area (Å²) < 4.78 is 2.00. The SMILES string of the molecule is CCn1nc(C)c(Cl)c1CC1=CC(Cl)CC(C)(C)C1. The second-order valence-electron chi connectivity index (χ2n) is 6.22. The van der Waals surface area contributed by atoms with Gasteiger partial charge in [0.15, 0.2) is 0 Å². The summed E-state index contributed by atoms with van der Waals surface area (Å²) in [6.45, 7) is 9.46. The summed E-state index contributed by atoms with van der Waals surface area (Å²) in [5.74, 6) is 0. The van der Waals surface area contributed by atoms with Gasteiger partial charge >= 0.3 is 0 Å². The first kappa shape index (κ1) is 14.9. The van der Waals surface area contributed by atoms with Gasteiger partial charge in [0.25, 0.3) is 0 Å². The van der Waals surface area contributed by atoms with E-state index in [2.05, 4.69) is 31.9 Å². The molecule has 0 saturated carbocycles. The molecule has 19 heavy (non-hydrogen) atoms. The molecule has 4 heteroatoms. The molecule has 0 amide bonds. The Bertz CT molecular complexity index is 500. The number of hydrogen-bond donors (Lipinski definition) is 0. The van der Waals surface area contributed by atoms with Gasteiger partial charge in [-0.05, 0) is 32.1 Å². The fourth-order valence-electron chi connectivity index (χ4n) is 2.96. The predicted molar refractivity (Wildman–Crippen MR) is 82.1 cm³/mol. The van der Waals surface area contributed by atoms with E-state index < -0.39 is 0 Å². The van der Waals surface area contributed by atoms with Gasteiger partial charge in [0.1, 0.15) is 0 Å². The Labute approximate surface area is 125 Å². The van der Waals surface area contributed by atoms with E-state index in [9.17, 15) is 0 Å². The molecule has 1 aromatic rings. The van der Waals surface area contributed by atoms with Gasteiger partial charge in [-0.1, -0.05) is 37.1 Å². The summed E-state index contributed by atoms with van der Waals surface area (Å²) in [6.07, 6.45) is 5.18. The molecule has 1 heterocycles. The molecule has 2 nitrogen and oxygen atoms in total. The van der Waals surface area contributed by atoms with E-state index in [4.69, 9.17) is 23.2 Å². The molecule has 0 N–H and O–H groups in total. The smallest absolute Gasteiger partial charge is 0.0850 e. The first-order chi connectivity index (χ1) is 8.82. The fraction of sp³-hybridized carbons (Fsp3) is 0.667. The molecule has 0 spiro atoms. The molecule has 0 radical (unpaired) electrons. The van der Waals surface area contributed by atoms with E-state index in [0.29, 0.717) is 0 Å². The van der Waals surface area contributed by atoms with Crippen LogP contribution in [0, 0.1) is 12.3 Å². The summed E-state index contributed by atoms with van der Waals surface area (Å²) in [7, 11) is 0. The van der Waals surface area contributed by atoms with Crippen LogP contribution in [0.5, 0.6) is 0 Å². The molecule has 0 bridgehead atoms. The van der Waals surface area contributed by atoms with Crippen LogP contribution in [-0.2, 0) is 13.0 Å². The highest BCUT2D eigenvalue weighted by Gasteiger charge is 2.28. The van der Waals surface area contributed by atoms with Crippen LogP contribution >= 0.6 is 23.2 Å². The average Bonchev–Trinajstić information content (AvgIpc) is 2.54. The third kappa shape index (κ3) is 3.35. The van der Waals surface area contributed by atoms with Gasteiger partial charge < -0.3 is 0 Å². The van der Waals surface area contributed by atoms with Crippen molar-refractivity contribution >= 4 is 23.2 Å². The predicted octanol–water partition coefficient (Wildman–Crippen LogP) is 4.76. The molecule has 1 atom stereocenters. The first-order valence-electron chi connectivity index (χ1n) is 6.88. The highest BCUT2D eigenvalue weighted by atomic mass is 35.5. The summed E-state index contributed by atoms with van der Waals surface area (Å²) in [5.41, 5.74) is 3.69. The Kier molecular flexibility index (Phi) is 4.32. The highest BCUT2D eigenvalue weighted by Crippen LogP contribution is 2.39. The zero-order chi connectivity index (χ0) is 14.2. The lowest BCUT2D eigenvalue weighted by atomic mass is 9.76. The standard InChI is InChI=1S/C15H22Cl2N2/c1-5-19-13(14(17)10(2)18-19)7-11-6-12(16)9-15(3,4)8-11/h6,12H,5,7-9H2,1-4H3. The summed E-state index contributed by atoms with van der Waals surface area (Å²) in [5, 5.41) is 5.41. The van der Waals surface area contributed by atoms with Gasteiger partial charge in [-0.2, -0.15) is 5.10 Å². The molecule has 1 unspecified atom stereocenters. The van der Waals surface area contributed by atoms with E-state index in [1.165, 1.54) is 5.57 Å². The van der Waals surface area contributed by atoms with Gasteiger partial charge in [0, 0.05) is 13.0 Å². The monoisotopic (exact) mass is 300 g/mol. The zero-order valence-corrected chi connectivity index (χ0v) is 13.6. The van der Waals surface area contributed by atoms with Gasteiger partial charge in [-0.3, -0.25) is 4.68 Å². The van der Waals surface area contributed by atoms with Crippen molar-refractivity contribution in [2.24, 2.45) is 5.41 Å². The highest BCUT2D eigenvalue weighted by molar-refractivity contribution is 6.31. The van der Waals surface area contributed by atoms with Crippen molar-refractivity contribution in [3.63, 3.8) is 0 Å². The number of aryl methyl sites for hydroxylation is 2. The van der Waals surface area contributed by atoms with E-state index in [1.54, 1.807) is 0 Å². The molecule has 106 valence electrons. The molecule has 2 rings (SSSR count). The second kappa shape index (κ2) is 5.49. The van der Waals surface area contributed by atoms with Crippen LogP contribution in [0.1, 0.15) is 45.0 Å². The fourth-order valence-corrected chi connectivity index (χ4v) is 3.76. The topological polar surface area (TPSA) is 17.8 Å². The number of hydrogen-bond acceptors (Lipinski definition) is 1. The van der Waals surface area contributed by atoms with Crippen LogP contribution in [-0.4, -0.2) is 15.2 Å². The Balaban J connectivity index is 2.26. The summed E-state index contributed by atoms with van der Waals surface area (Å²) in [4.78, 5) is 0. The minimum Gasteiger partial charge on any atom is -0.268 e. The van der Waals surface area contributed by atoms with Gasteiger partial charge in [0.2, 0.25) is 0 Å². The lowest BCUT2D eigenvalue weighted by molar-refractivity contribution is 0.320. The van der Waals surface area contributed by atoms with Crippen molar-refractivity contribution in [1.29, 1.82) is 0 Å². The van der Waals surface area contributed by atoms with E-state index in [0.717, 1.165) is 42.2 Å². The second-order valence-corrected chi connectivity index (χ2v) is 7.16. The Hall–Kier alpha value is -0.470. The van der Waals surface area contributed by atoms with Crippen LogP contribution in [0.25, 0.3) is 0 Å². The zero-order valence-electron chi connectivity index (χ0n) is 12.1. The van der Waals surface area contributed by atoms with Crippen LogP contribution in [0.2, 0.25) is 5.02 Å². The lowest BCUT2D eigenvalue weighted by Gasteiger charge is -2.32. The number of halogens is 2. The van der Waals surface area contributed by atoms with Crippen molar-refractivity contribution in [3.8, 4) is 0 Å². The van der Waals surface area contributed by atoms with Crippen molar-refractivity contribution in [2.75, 3.05) is 0 Å². The third-order valence-electron chi connectivity index (χ3n) is 3.72. The van der Waals surface area contributed by atoms with Crippen molar-refractivity contribution in [3.05, 3.63) is 28.1 Å². The molecular weight excluding hydrogens is 279 g/mol. The molecule has 0 fully saturated rings. The van der Waals surface area contributed by atoms with Gasteiger partial charge in [-0.15, -0.1) is 11.6 Å². The molecule has 1 aromatic heterocycles. The summed E-state index contributed by atoms with van der Waals surface area (Å²) >= 11 is 12.7. The lowest BCUT2D eigenvalue weighted by Crippen LogP contribution is -2.23. The van der Waals surface area contributed by atoms with Crippen molar-refractivity contribution in [2.45, 2.75) is 58.9 Å². The van der Waals surface area contributed by atoms with Crippen LogP contribution in [0.4, 0.5) is 0 Å². The van der Waals surface area contributed by atoms with Gasteiger partial charge in [0.05, 0.1) is 21.8 Å². The first-order valence-corrected chi connectivity index (χ1v) is 7.69. The Morgan fingerprint density at radius 2 is 2.16 bits per heavy atom. The molecule has 1 aliphatic carbocycles. The maximum absolute atomic E-state index is 6.38. The summed E-state index contributed by atoms with van der Waals surface area (Å²) in [6, 6.07) is 0. The molecule has 1 aliphatic rings. The Morgan fingerprint density at radius 1 is 1.47 bits per heavy atom. The van der Waals surface area contributed by atoms with Crippen LogP contribution < -0.4 is 0 Å². The molecule has 0 aromatic carbocycles. The number of rotatable bonds is 3. The molecule has 0 aliphatic heterocycles. The van der Waals surface area contributed by atoms with E-state index in [1.807, 2.05) is 11.6 Å². The maximum Gasteiger partial charge on any atom is 0.0850 e. The number of aromatic nitrogens is 2. The largest absolute Gasteiger partial charge is 0.268 e. The van der Waals surface area contributed by atoms with Crippen molar-refractivity contribution < 1.29 is 0 Å².